The van der Waals surface area contributed by atoms with Crippen molar-refractivity contribution in [2.24, 2.45) is 11.5 Å². The number of halogens is 2. The predicted octanol–water partition coefficient (Wildman–Crippen LogP) is -0.145. The van der Waals surface area contributed by atoms with Crippen molar-refractivity contribution in [3.63, 3.8) is 0 Å². The lowest BCUT2D eigenvalue weighted by Gasteiger charge is -2.18. The van der Waals surface area contributed by atoms with Crippen LogP contribution in [0.4, 0.5) is 4.39 Å². The lowest BCUT2D eigenvalue weighted by atomic mass is 9.91. The molecule has 0 saturated heterocycles. The van der Waals surface area contributed by atoms with Gasteiger partial charge >= 0.3 is 5.97 Å². The van der Waals surface area contributed by atoms with Gasteiger partial charge in [-0.3, -0.25) is 9.59 Å². The highest BCUT2D eigenvalue weighted by atomic mass is 35.5. The van der Waals surface area contributed by atoms with Gasteiger partial charge < -0.3 is 16.6 Å². The molecule has 0 radical (unpaired) electrons. The van der Waals surface area contributed by atoms with Crippen LogP contribution in [0.2, 0.25) is 5.15 Å². The highest BCUT2D eigenvalue weighted by Crippen LogP contribution is 2.25. The monoisotopic (exact) mass is 261 g/mol. The van der Waals surface area contributed by atoms with Crippen molar-refractivity contribution in [2.75, 3.05) is 0 Å². The van der Waals surface area contributed by atoms with Gasteiger partial charge in [-0.25, -0.2) is 9.37 Å². The molecule has 0 aromatic carbocycles. The SMILES string of the molecule is NC(=O)[C@@H](c1ccnc(Cl)c1F)[C@@H](N)C(=O)O. The highest BCUT2D eigenvalue weighted by Gasteiger charge is 2.33. The molecule has 0 fully saturated rings. The van der Waals surface area contributed by atoms with E-state index in [1.165, 1.54) is 0 Å². The molecule has 0 bridgehead atoms. The normalized spacial score (nSPS) is 14.1. The van der Waals surface area contributed by atoms with E-state index < -0.39 is 34.8 Å². The number of hydrogen-bond acceptors (Lipinski definition) is 4. The summed E-state index contributed by atoms with van der Waals surface area (Å²) in [5.74, 6) is -5.04. The van der Waals surface area contributed by atoms with Gasteiger partial charge in [0.25, 0.3) is 0 Å². The van der Waals surface area contributed by atoms with E-state index in [2.05, 4.69) is 4.98 Å². The Balaban J connectivity index is 3.28. The van der Waals surface area contributed by atoms with Crippen LogP contribution in [0.25, 0.3) is 0 Å². The van der Waals surface area contributed by atoms with Gasteiger partial charge in [0.1, 0.15) is 6.04 Å². The zero-order valence-electron chi connectivity index (χ0n) is 8.43. The van der Waals surface area contributed by atoms with Gasteiger partial charge in [-0.15, -0.1) is 0 Å². The maximum absolute atomic E-state index is 13.6. The van der Waals surface area contributed by atoms with Crippen molar-refractivity contribution in [1.29, 1.82) is 0 Å². The lowest BCUT2D eigenvalue weighted by molar-refractivity contribution is -0.141. The second-order valence-electron chi connectivity index (χ2n) is 3.25. The summed E-state index contributed by atoms with van der Waals surface area (Å²) in [6.07, 6.45) is 1.13. The van der Waals surface area contributed by atoms with Crippen LogP contribution in [0, 0.1) is 5.82 Å². The van der Waals surface area contributed by atoms with Crippen LogP contribution in [0.5, 0.6) is 0 Å². The van der Waals surface area contributed by atoms with Crippen LogP contribution >= 0.6 is 11.6 Å². The number of primary amides is 1. The first-order valence-electron chi connectivity index (χ1n) is 4.44. The van der Waals surface area contributed by atoms with Gasteiger partial charge in [0.15, 0.2) is 11.0 Å². The van der Waals surface area contributed by atoms with Crippen LogP contribution in [0.15, 0.2) is 12.3 Å². The molecule has 1 aromatic heterocycles. The fraction of sp³-hybridized carbons (Fsp3) is 0.222. The smallest absolute Gasteiger partial charge is 0.321 e. The first-order chi connectivity index (χ1) is 7.86. The summed E-state index contributed by atoms with van der Waals surface area (Å²) in [6.45, 7) is 0. The second-order valence-corrected chi connectivity index (χ2v) is 3.61. The molecule has 1 heterocycles. The molecule has 0 aliphatic carbocycles. The predicted molar refractivity (Wildman–Crippen MR) is 56.8 cm³/mol. The molecule has 0 spiro atoms. The number of carbonyl (C=O) groups is 2. The van der Waals surface area contributed by atoms with E-state index in [1.807, 2.05) is 0 Å². The number of nitrogens with zero attached hydrogens (tertiary/aromatic N) is 1. The van der Waals surface area contributed by atoms with E-state index in [-0.39, 0.29) is 5.56 Å². The summed E-state index contributed by atoms with van der Waals surface area (Å²) in [4.78, 5) is 25.3. The van der Waals surface area contributed by atoms with E-state index >= 15 is 0 Å². The fourth-order valence-electron chi connectivity index (χ4n) is 1.34. The molecule has 6 nitrogen and oxygen atoms in total. The van der Waals surface area contributed by atoms with Gasteiger partial charge in [-0.2, -0.15) is 0 Å². The Morgan fingerprint density at radius 1 is 1.53 bits per heavy atom. The molecular weight excluding hydrogens is 253 g/mol. The zero-order valence-corrected chi connectivity index (χ0v) is 9.19. The number of carboxylic acids is 1. The van der Waals surface area contributed by atoms with Crippen molar-refractivity contribution < 1.29 is 19.1 Å². The van der Waals surface area contributed by atoms with E-state index in [1.54, 1.807) is 0 Å². The van der Waals surface area contributed by atoms with Crippen LogP contribution in [-0.4, -0.2) is 28.0 Å². The van der Waals surface area contributed by atoms with E-state index in [0.29, 0.717) is 0 Å². The fourth-order valence-corrected chi connectivity index (χ4v) is 1.50. The minimum atomic E-state index is -1.65. The van der Waals surface area contributed by atoms with Crippen molar-refractivity contribution in [3.05, 3.63) is 28.8 Å². The number of aromatic nitrogens is 1. The number of pyridine rings is 1. The molecule has 1 rings (SSSR count). The quantitative estimate of drug-likeness (QED) is 0.652. The Labute approximate surface area is 100 Å². The van der Waals surface area contributed by atoms with Gasteiger partial charge in [0.2, 0.25) is 5.91 Å². The van der Waals surface area contributed by atoms with Crippen molar-refractivity contribution in [3.8, 4) is 0 Å². The molecule has 2 atom stereocenters. The summed E-state index contributed by atoms with van der Waals surface area (Å²) < 4.78 is 13.6. The third-order valence-corrected chi connectivity index (χ3v) is 2.43. The number of aliphatic carboxylic acids is 1. The molecule has 92 valence electrons. The number of carbonyl (C=O) groups excluding carboxylic acids is 1. The molecule has 8 heteroatoms. The summed E-state index contributed by atoms with van der Waals surface area (Å²) in [6, 6.07) is -0.542. The Kier molecular flexibility index (Phi) is 3.97. The van der Waals surface area contributed by atoms with Gasteiger partial charge in [-0.1, -0.05) is 11.6 Å². The molecule has 0 saturated carbocycles. The first kappa shape index (κ1) is 13.3. The number of nitrogens with two attached hydrogens (primary N) is 2. The summed E-state index contributed by atoms with van der Waals surface area (Å²) >= 11 is 5.42. The standard InChI is InChI=1S/C9H9ClFN3O3/c10-7-5(11)3(1-2-14-7)4(8(13)15)6(12)9(16)17/h1-2,4,6H,12H2,(H2,13,15)(H,16,17)/t4-,6+/m0/s1. The number of hydrogen-bond donors (Lipinski definition) is 3. The van der Waals surface area contributed by atoms with Gasteiger partial charge in [-0.05, 0) is 6.07 Å². The van der Waals surface area contributed by atoms with E-state index in [4.69, 9.17) is 28.2 Å². The van der Waals surface area contributed by atoms with Crippen molar-refractivity contribution in [2.45, 2.75) is 12.0 Å². The zero-order chi connectivity index (χ0) is 13.2. The molecule has 1 aromatic rings. The third kappa shape index (κ3) is 2.69. The van der Waals surface area contributed by atoms with Crippen molar-refractivity contribution >= 4 is 23.5 Å². The average molecular weight is 262 g/mol. The van der Waals surface area contributed by atoms with Gasteiger partial charge in [0, 0.05) is 11.8 Å². The Morgan fingerprint density at radius 2 is 2.12 bits per heavy atom. The molecule has 17 heavy (non-hydrogen) atoms. The van der Waals surface area contributed by atoms with E-state index in [0.717, 1.165) is 12.3 Å². The number of amides is 1. The van der Waals surface area contributed by atoms with Crippen LogP contribution in [0.3, 0.4) is 0 Å². The molecule has 0 aliphatic heterocycles. The average Bonchev–Trinajstić information content (AvgIpc) is 2.23. The minimum Gasteiger partial charge on any atom is -0.480 e. The maximum atomic E-state index is 13.6. The molecule has 1 amide bonds. The lowest BCUT2D eigenvalue weighted by Crippen LogP contribution is -2.43. The summed E-state index contributed by atoms with van der Waals surface area (Å²) in [5, 5.41) is 8.24. The van der Waals surface area contributed by atoms with Crippen LogP contribution in [-0.2, 0) is 9.59 Å². The topological polar surface area (TPSA) is 119 Å². The van der Waals surface area contributed by atoms with Crippen molar-refractivity contribution in [1.82, 2.24) is 4.98 Å². The first-order valence-corrected chi connectivity index (χ1v) is 4.81. The highest BCUT2D eigenvalue weighted by molar-refractivity contribution is 6.29. The molecule has 0 unspecified atom stereocenters. The Bertz CT molecular complexity index is 469. The second kappa shape index (κ2) is 5.07. The Morgan fingerprint density at radius 3 is 2.59 bits per heavy atom. The van der Waals surface area contributed by atoms with E-state index in [9.17, 15) is 14.0 Å². The number of carboxylic acid groups (broad SMARTS) is 1. The molecular formula is C9H9ClFN3O3. The number of rotatable bonds is 4. The Hall–Kier alpha value is -1.73. The molecule has 5 N–H and O–H groups in total. The summed E-state index contributed by atoms with van der Waals surface area (Å²) in [7, 11) is 0. The van der Waals surface area contributed by atoms with Gasteiger partial charge in [0.05, 0.1) is 5.92 Å². The largest absolute Gasteiger partial charge is 0.480 e. The maximum Gasteiger partial charge on any atom is 0.321 e. The summed E-state index contributed by atoms with van der Waals surface area (Å²) in [5.41, 5.74) is 10.0. The van der Waals surface area contributed by atoms with Crippen LogP contribution < -0.4 is 11.5 Å². The van der Waals surface area contributed by atoms with Crippen LogP contribution in [0.1, 0.15) is 11.5 Å². The third-order valence-electron chi connectivity index (χ3n) is 2.16. The minimum absolute atomic E-state index is 0.285. The molecule has 0 aliphatic rings.